The second-order valence-electron chi connectivity index (χ2n) is 7.48. The molecule has 1 saturated heterocycles. The van der Waals surface area contributed by atoms with Crippen LogP contribution in [-0.4, -0.2) is 56.5 Å². The summed E-state index contributed by atoms with van der Waals surface area (Å²) in [7, 11) is -3.61. The van der Waals surface area contributed by atoms with Gasteiger partial charge in [0.05, 0.1) is 16.3 Å². The number of para-hydroxylation sites is 1. The summed E-state index contributed by atoms with van der Waals surface area (Å²) in [4.78, 5) is 29.8. The highest BCUT2D eigenvalue weighted by atomic mass is 32.2. The summed E-state index contributed by atoms with van der Waals surface area (Å²) in [6.45, 7) is 3.24. The molecule has 0 radical (unpaired) electrons. The molecule has 0 spiro atoms. The Morgan fingerprint density at radius 2 is 1.81 bits per heavy atom. The van der Waals surface area contributed by atoms with Crippen LogP contribution in [0.3, 0.4) is 0 Å². The van der Waals surface area contributed by atoms with Gasteiger partial charge in [0.25, 0.3) is 0 Å². The molecular formula is C22H25N3O4S2. The largest absolute Gasteiger partial charge is 0.311 e. The minimum Gasteiger partial charge on any atom is -0.311 e. The van der Waals surface area contributed by atoms with Crippen molar-refractivity contribution in [2.45, 2.75) is 29.6 Å². The lowest BCUT2D eigenvalue weighted by molar-refractivity contribution is -0.121. The normalized spacial score (nSPS) is 16.9. The van der Waals surface area contributed by atoms with E-state index < -0.39 is 10.0 Å². The van der Waals surface area contributed by atoms with Gasteiger partial charge in [-0.3, -0.25) is 9.59 Å². The number of thioether (sulfide) groups is 1. The van der Waals surface area contributed by atoms with Crippen molar-refractivity contribution in [3.05, 3.63) is 48.5 Å². The van der Waals surface area contributed by atoms with Crippen molar-refractivity contribution >= 4 is 45.0 Å². The maximum Gasteiger partial charge on any atom is 0.247 e. The van der Waals surface area contributed by atoms with Gasteiger partial charge in [-0.2, -0.15) is 4.31 Å². The molecule has 0 aromatic heterocycles. The molecular weight excluding hydrogens is 434 g/mol. The maximum atomic E-state index is 13.1. The number of fused-ring (bicyclic) bond motifs is 1. The first-order valence-electron chi connectivity index (χ1n) is 10.3. The van der Waals surface area contributed by atoms with Crippen LogP contribution in [0.5, 0.6) is 0 Å². The average Bonchev–Trinajstić information content (AvgIpc) is 3.33. The number of nitrogens with zero attached hydrogens (tertiary/aromatic N) is 3. The molecule has 0 aliphatic carbocycles. The maximum absolute atomic E-state index is 13.1. The molecule has 0 bridgehead atoms. The molecule has 2 aliphatic heterocycles. The summed E-state index contributed by atoms with van der Waals surface area (Å²) in [6, 6.07) is 14.2. The van der Waals surface area contributed by atoms with Crippen molar-refractivity contribution in [1.29, 1.82) is 0 Å². The topological polar surface area (TPSA) is 78.0 Å². The van der Waals surface area contributed by atoms with Crippen molar-refractivity contribution < 1.29 is 18.0 Å². The van der Waals surface area contributed by atoms with Gasteiger partial charge in [0.15, 0.2) is 0 Å². The molecule has 2 aliphatic rings. The van der Waals surface area contributed by atoms with E-state index in [1.165, 1.54) is 21.0 Å². The summed E-state index contributed by atoms with van der Waals surface area (Å²) in [5.74, 6) is -0.200. The molecule has 0 atom stereocenters. The monoisotopic (exact) mass is 459 g/mol. The first-order chi connectivity index (χ1) is 14.9. The number of hydrogen-bond donors (Lipinski definition) is 0. The summed E-state index contributed by atoms with van der Waals surface area (Å²) in [5, 5.41) is 0. The van der Waals surface area contributed by atoms with Gasteiger partial charge in [0.2, 0.25) is 21.8 Å². The Morgan fingerprint density at radius 1 is 1.10 bits per heavy atom. The Hall–Kier alpha value is -2.36. The predicted octanol–water partition coefficient (Wildman–Crippen LogP) is 2.96. The van der Waals surface area contributed by atoms with Gasteiger partial charge in [-0.15, -0.1) is 11.8 Å². The molecule has 2 heterocycles. The van der Waals surface area contributed by atoms with E-state index in [0.717, 1.165) is 23.4 Å². The van der Waals surface area contributed by atoms with Crippen LogP contribution in [0.25, 0.3) is 0 Å². The van der Waals surface area contributed by atoms with Crippen LogP contribution in [-0.2, 0) is 19.6 Å². The molecule has 9 heteroatoms. The van der Waals surface area contributed by atoms with Gasteiger partial charge in [-0.1, -0.05) is 18.2 Å². The lowest BCUT2D eigenvalue weighted by Gasteiger charge is -2.31. The van der Waals surface area contributed by atoms with Crippen LogP contribution in [0.4, 0.5) is 11.4 Å². The third-order valence-corrected chi connectivity index (χ3v) is 8.50. The van der Waals surface area contributed by atoms with E-state index in [1.54, 1.807) is 23.1 Å². The van der Waals surface area contributed by atoms with Crippen LogP contribution >= 0.6 is 11.8 Å². The molecule has 1 fully saturated rings. The van der Waals surface area contributed by atoms with Gasteiger partial charge in [-0.05, 0) is 50.1 Å². The quantitative estimate of drug-likeness (QED) is 0.664. The Morgan fingerprint density at radius 3 is 2.48 bits per heavy atom. The minimum absolute atomic E-state index is 0.137. The first kappa shape index (κ1) is 21.9. The summed E-state index contributed by atoms with van der Waals surface area (Å²) in [6.07, 6.45) is 1.71. The molecule has 0 N–H and O–H groups in total. The zero-order chi connectivity index (χ0) is 22.0. The van der Waals surface area contributed by atoms with E-state index in [2.05, 4.69) is 0 Å². The molecule has 0 unspecified atom stereocenters. The first-order valence-corrected chi connectivity index (χ1v) is 12.8. The van der Waals surface area contributed by atoms with E-state index in [4.69, 9.17) is 0 Å². The Balaban J connectivity index is 1.64. The van der Waals surface area contributed by atoms with Crippen molar-refractivity contribution in [1.82, 2.24) is 4.31 Å². The van der Waals surface area contributed by atoms with E-state index in [-0.39, 0.29) is 29.0 Å². The fraction of sp³-hybridized carbons (Fsp3) is 0.364. The summed E-state index contributed by atoms with van der Waals surface area (Å²) in [5.41, 5.74) is 1.25. The smallest absolute Gasteiger partial charge is 0.247 e. The number of sulfonamides is 1. The zero-order valence-electron chi connectivity index (χ0n) is 17.4. The van der Waals surface area contributed by atoms with Crippen LogP contribution in [0, 0.1) is 0 Å². The molecule has 2 amide bonds. The molecule has 31 heavy (non-hydrogen) atoms. The van der Waals surface area contributed by atoms with Crippen molar-refractivity contribution in [2.75, 3.05) is 41.7 Å². The second kappa shape index (κ2) is 9.02. The standard InChI is InChI=1S/C22H25N3O4S2/c1-2-24(17-8-4-3-5-9-17)21(26)15-25-19-14-18(10-11-20(19)30-16-22(25)27)31(28,29)23-12-6-7-13-23/h3-5,8-11,14H,2,6-7,12-13,15-16H2,1H3. The van der Waals surface area contributed by atoms with Gasteiger partial charge in [-0.25, -0.2) is 8.42 Å². The van der Waals surface area contributed by atoms with Crippen LogP contribution in [0.2, 0.25) is 0 Å². The summed E-state index contributed by atoms with van der Waals surface area (Å²) >= 11 is 1.37. The molecule has 2 aromatic carbocycles. The molecule has 164 valence electrons. The van der Waals surface area contributed by atoms with Crippen LogP contribution in [0.1, 0.15) is 19.8 Å². The highest BCUT2D eigenvalue weighted by Crippen LogP contribution is 2.37. The predicted molar refractivity (Wildman–Crippen MR) is 122 cm³/mol. The molecule has 2 aromatic rings. The number of carbonyl (C=O) groups excluding carboxylic acids is 2. The lowest BCUT2D eigenvalue weighted by atomic mass is 10.2. The fourth-order valence-electron chi connectivity index (χ4n) is 3.92. The molecule has 0 saturated carbocycles. The van der Waals surface area contributed by atoms with E-state index in [0.29, 0.717) is 25.3 Å². The third-order valence-electron chi connectivity index (χ3n) is 5.55. The van der Waals surface area contributed by atoms with Gasteiger partial charge in [0, 0.05) is 30.2 Å². The summed E-state index contributed by atoms with van der Waals surface area (Å²) < 4.78 is 27.5. The van der Waals surface area contributed by atoms with E-state index in [1.807, 2.05) is 37.3 Å². The number of anilines is 2. The van der Waals surface area contributed by atoms with Crippen LogP contribution in [0.15, 0.2) is 58.3 Å². The van der Waals surface area contributed by atoms with Gasteiger partial charge in [0.1, 0.15) is 6.54 Å². The second-order valence-corrected chi connectivity index (χ2v) is 10.4. The number of carbonyl (C=O) groups is 2. The van der Waals surface area contributed by atoms with E-state index >= 15 is 0 Å². The number of benzene rings is 2. The fourth-order valence-corrected chi connectivity index (χ4v) is 6.38. The number of likely N-dealkylation sites (N-methyl/N-ethyl adjacent to an activating group) is 1. The third kappa shape index (κ3) is 4.35. The zero-order valence-corrected chi connectivity index (χ0v) is 19.0. The Bertz CT molecular complexity index is 1080. The van der Waals surface area contributed by atoms with Gasteiger partial charge >= 0.3 is 0 Å². The van der Waals surface area contributed by atoms with Crippen molar-refractivity contribution in [2.24, 2.45) is 0 Å². The molecule has 4 rings (SSSR count). The Kier molecular flexibility index (Phi) is 6.36. The van der Waals surface area contributed by atoms with E-state index in [9.17, 15) is 18.0 Å². The van der Waals surface area contributed by atoms with Crippen molar-refractivity contribution in [3.8, 4) is 0 Å². The lowest BCUT2D eigenvalue weighted by Crippen LogP contribution is -2.45. The van der Waals surface area contributed by atoms with Crippen molar-refractivity contribution in [3.63, 3.8) is 0 Å². The SMILES string of the molecule is CCN(C(=O)CN1C(=O)CSc2ccc(S(=O)(=O)N3CCCC3)cc21)c1ccccc1. The molecule has 7 nitrogen and oxygen atoms in total. The highest BCUT2D eigenvalue weighted by molar-refractivity contribution is 8.00. The number of hydrogen-bond acceptors (Lipinski definition) is 5. The highest BCUT2D eigenvalue weighted by Gasteiger charge is 2.32. The van der Waals surface area contributed by atoms with Crippen LogP contribution < -0.4 is 9.80 Å². The number of amides is 2. The number of rotatable bonds is 6. The van der Waals surface area contributed by atoms with Gasteiger partial charge < -0.3 is 9.80 Å². The minimum atomic E-state index is -3.61. The Labute approximate surface area is 187 Å². The average molecular weight is 460 g/mol.